The van der Waals surface area contributed by atoms with Crippen molar-refractivity contribution in [1.82, 2.24) is 14.7 Å². The van der Waals surface area contributed by atoms with E-state index < -0.39 is 5.97 Å². The molecule has 3 aromatic rings. The lowest BCUT2D eigenvalue weighted by Crippen LogP contribution is -2.39. The molecule has 0 aliphatic carbocycles. The van der Waals surface area contributed by atoms with E-state index in [0.717, 1.165) is 17.1 Å². The van der Waals surface area contributed by atoms with Crippen LogP contribution in [0.25, 0.3) is 5.69 Å². The minimum absolute atomic E-state index is 0.224. The summed E-state index contributed by atoms with van der Waals surface area (Å²) < 4.78 is 12.2. The second-order valence-corrected chi connectivity index (χ2v) is 7.65. The van der Waals surface area contributed by atoms with Crippen molar-refractivity contribution in [3.8, 4) is 11.4 Å². The van der Waals surface area contributed by atoms with Crippen LogP contribution in [0.4, 0.5) is 10.5 Å². The van der Waals surface area contributed by atoms with E-state index in [-0.39, 0.29) is 24.9 Å². The number of urea groups is 1. The Labute approximate surface area is 190 Å². The fourth-order valence-electron chi connectivity index (χ4n) is 3.63. The standard InChI is InChI=1S/C23H23ClN4O4/c1-3-32-22(29)21-19-14-27(23(30)25-16-6-4-15(24)5-7-16)13-12-20(19)28(26-21)17-8-10-18(31-2)11-9-17/h4-11H,3,12-14H2,1-2H3,(H,25,30). The number of carbonyl (C=O) groups excluding carboxylic acids is 2. The molecule has 0 radical (unpaired) electrons. The van der Waals surface area contributed by atoms with Gasteiger partial charge in [-0.3, -0.25) is 0 Å². The van der Waals surface area contributed by atoms with E-state index in [0.29, 0.717) is 29.2 Å². The summed E-state index contributed by atoms with van der Waals surface area (Å²) in [5.41, 5.74) is 3.24. The quantitative estimate of drug-likeness (QED) is 0.581. The summed E-state index contributed by atoms with van der Waals surface area (Å²) in [5, 5.41) is 8.01. The summed E-state index contributed by atoms with van der Waals surface area (Å²) >= 11 is 5.91. The average molecular weight is 455 g/mol. The summed E-state index contributed by atoms with van der Waals surface area (Å²) in [4.78, 5) is 27.1. The maximum atomic E-state index is 12.8. The fourth-order valence-corrected chi connectivity index (χ4v) is 3.75. The highest BCUT2D eigenvalue weighted by molar-refractivity contribution is 6.30. The Balaban J connectivity index is 1.63. The molecule has 4 rings (SSSR count). The van der Waals surface area contributed by atoms with Gasteiger partial charge in [0.25, 0.3) is 0 Å². The monoisotopic (exact) mass is 454 g/mol. The van der Waals surface area contributed by atoms with Gasteiger partial charge in [0.2, 0.25) is 0 Å². The molecule has 0 unspecified atom stereocenters. The van der Waals surface area contributed by atoms with E-state index in [1.54, 1.807) is 47.9 Å². The van der Waals surface area contributed by atoms with E-state index in [4.69, 9.17) is 21.1 Å². The van der Waals surface area contributed by atoms with Crippen LogP contribution in [0.5, 0.6) is 5.75 Å². The molecule has 1 aliphatic heterocycles. The summed E-state index contributed by atoms with van der Waals surface area (Å²) in [7, 11) is 1.60. The topological polar surface area (TPSA) is 85.7 Å². The van der Waals surface area contributed by atoms with Crippen molar-refractivity contribution in [3.05, 3.63) is 70.5 Å². The van der Waals surface area contributed by atoms with Gasteiger partial charge in [-0.2, -0.15) is 5.10 Å². The zero-order chi connectivity index (χ0) is 22.7. The maximum Gasteiger partial charge on any atom is 0.359 e. The molecule has 1 aromatic heterocycles. The van der Waals surface area contributed by atoms with Gasteiger partial charge in [0.15, 0.2) is 5.69 Å². The Morgan fingerprint density at radius 1 is 1.12 bits per heavy atom. The lowest BCUT2D eigenvalue weighted by Gasteiger charge is -2.28. The van der Waals surface area contributed by atoms with Crippen molar-refractivity contribution >= 4 is 29.3 Å². The zero-order valence-corrected chi connectivity index (χ0v) is 18.6. The zero-order valence-electron chi connectivity index (χ0n) is 17.8. The number of hydrogen-bond donors (Lipinski definition) is 1. The van der Waals surface area contributed by atoms with Crippen molar-refractivity contribution in [2.24, 2.45) is 0 Å². The van der Waals surface area contributed by atoms with Crippen molar-refractivity contribution in [3.63, 3.8) is 0 Å². The third kappa shape index (κ3) is 4.40. The Morgan fingerprint density at radius 3 is 2.50 bits per heavy atom. The Bertz CT molecular complexity index is 1130. The first-order chi connectivity index (χ1) is 15.5. The van der Waals surface area contributed by atoms with E-state index in [1.165, 1.54) is 0 Å². The number of halogens is 1. The lowest BCUT2D eigenvalue weighted by atomic mass is 10.0. The molecule has 166 valence electrons. The van der Waals surface area contributed by atoms with Gasteiger partial charge in [0.05, 0.1) is 31.6 Å². The fraction of sp³-hybridized carbons (Fsp3) is 0.261. The molecule has 9 heteroatoms. The molecule has 2 aromatic carbocycles. The van der Waals surface area contributed by atoms with Crippen LogP contribution in [0.15, 0.2) is 48.5 Å². The molecule has 0 fully saturated rings. The van der Waals surface area contributed by atoms with Crippen LogP contribution in [0.1, 0.15) is 28.7 Å². The van der Waals surface area contributed by atoms with Crippen molar-refractivity contribution < 1.29 is 19.1 Å². The highest BCUT2D eigenvalue weighted by atomic mass is 35.5. The van der Waals surface area contributed by atoms with Gasteiger partial charge in [0.1, 0.15) is 5.75 Å². The number of aromatic nitrogens is 2. The minimum Gasteiger partial charge on any atom is -0.497 e. The van der Waals surface area contributed by atoms with E-state index in [1.807, 2.05) is 24.3 Å². The van der Waals surface area contributed by atoms with Crippen LogP contribution >= 0.6 is 11.6 Å². The van der Waals surface area contributed by atoms with Gasteiger partial charge in [0, 0.05) is 29.2 Å². The molecular weight excluding hydrogens is 432 g/mol. The van der Waals surface area contributed by atoms with Crippen LogP contribution in [0.3, 0.4) is 0 Å². The normalized spacial score (nSPS) is 12.8. The molecule has 1 N–H and O–H groups in total. The minimum atomic E-state index is -0.504. The maximum absolute atomic E-state index is 12.8. The predicted octanol–water partition coefficient (Wildman–Crippen LogP) is 4.30. The highest BCUT2D eigenvalue weighted by Crippen LogP contribution is 2.27. The smallest absolute Gasteiger partial charge is 0.359 e. The average Bonchev–Trinajstić information content (AvgIpc) is 3.20. The Hall–Kier alpha value is -3.52. The molecule has 0 atom stereocenters. The Kier molecular flexibility index (Phi) is 6.32. The number of fused-ring (bicyclic) bond motifs is 1. The number of ether oxygens (including phenoxy) is 2. The second kappa shape index (κ2) is 9.32. The SMILES string of the molecule is CCOC(=O)c1nn(-c2ccc(OC)cc2)c2c1CN(C(=O)Nc1ccc(Cl)cc1)CC2. The highest BCUT2D eigenvalue weighted by Gasteiger charge is 2.31. The van der Waals surface area contributed by atoms with Crippen molar-refractivity contribution in [2.45, 2.75) is 19.9 Å². The molecule has 2 amide bonds. The first-order valence-corrected chi connectivity index (χ1v) is 10.6. The number of methoxy groups -OCH3 is 1. The summed E-state index contributed by atoms with van der Waals surface area (Å²) in [6.45, 7) is 2.72. The van der Waals surface area contributed by atoms with E-state index in [2.05, 4.69) is 10.4 Å². The summed E-state index contributed by atoms with van der Waals surface area (Å²) in [6, 6.07) is 14.1. The molecule has 0 saturated carbocycles. The Morgan fingerprint density at radius 2 is 1.84 bits per heavy atom. The summed E-state index contributed by atoms with van der Waals surface area (Å²) in [5.74, 6) is 0.224. The van der Waals surface area contributed by atoms with Crippen LogP contribution in [-0.2, 0) is 17.7 Å². The molecule has 0 bridgehead atoms. The van der Waals surface area contributed by atoms with Crippen molar-refractivity contribution in [2.75, 3.05) is 25.6 Å². The van der Waals surface area contributed by atoms with Gasteiger partial charge < -0.3 is 19.7 Å². The first-order valence-electron chi connectivity index (χ1n) is 10.2. The number of anilines is 1. The van der Waals surface area contributed by atoms with E-state index >= 15 is 0 Å². The summed E-state index contributed by atoms with van der Waals surface area (Å²) in [6.07, 6.45) is 0.543. The molecule has 8 nitrogen and oxygen atoms in total. The lowest BCUT2D eigenvalue weighted by molar-refractivity contribution is 0.0516. The molecule has 0 spiro atoms. The van der Waals surface area contributed by atoms with Gasteiger partial charge >= 0.3 is 12.0 Å². The van der Waals surface area contributed by atoms with E-state index in [9.17, 15) is 9.59 Å². The number of amides is 2. The van der Waals surface area contributed by atoms with Gasteiger partial charge in [-0.1, -0.05) is 11.6 Å². The number of esters is 1. The van der Waals surface area contributed by atoms with Gasteiger partial charge in [-0.25, -0.2) is 14.3 Å². The molecule has 2 heterocycles. The largest absolute Gasteiger partial charge is 0.497 e. The third-order valence-corrected chi connectivity index (χ3v) is 5.48. The number of nitrogens with one attached hydrogen (secondary N) is 1. The number of hydrogen-bond acceptors (Lipinski definition) is 5. The van der Waals surface area contributed by atoms with Crippen LogP contribution < -0.4 is 10.1 Å². The number of benzene rings is 2. The number of carbonyl (C=O) groups is 2. The third-order valence-electron chi connectivity index (χ3n) is 5.23. The van der Waals surface area contributed by atoms with Crippen LogP contribution in [-0.4, -0.2) is 46.9 Å². The van der Waals surface area contributed by atoms with Crippen LogP contribution in [0, 0.1) is 0 Å². The molecule has 1 aliphatic rings. The van der Waals surface area contributed by atoms with Crippen molar-refractivity contribution in [1.29, 1.82) is 0 Å². The number of rotatable bonds is 5. The molecule has 0 saturated heterocycles. The van der Waals surface area contributed by atoms with Crippen LogP contribution in [0.2, 0.25) is 5.02 Å². The molecule has 32 heavy (non-hydrogen) atoms. The molecular formula is C23H23ClN4O4. The van der Waals surface area contributed by atoms with Gasteiger partial charge in [-0.15, -0.1) is 0 Å². The predicted molar refractivity (Wildman–Crippen MR) is 121 cm³/mol. The first kappa shape index (κ1) is 21.7. The second-order valence-electron chi connectivity index (χ2n) is 7.21. The van der Waals surface area contributed by atoms with Gasteiger partial charge in [-0.05, 0) is 55.5 Å². The number of nitrogens with zero attached hydrogens (tertiary/aromatic N) is 3.